The lowest BCUT2D eigenvalue weighted by Gasteiger charge is -1.95. The summed E-state index contributed by atoms with van der Waals surface area (Å²) in [5.41, 5.74) is -0.885. The zero-order chi connectivity index (χ0) is 11.9. The third kappa shape index (κ3) is 1.03. The fraction of sp³-hybridized carbons (Fsp3) is 0.286. The monoisotopic (exact) mass is 145 g/mol. The third-order valence-electron chi connectivity index (χ3n) is 0.967. The van der Waals surface area contributed by atoms with E-state index in [-0.39, 0.29) is 0 Å². The van der Waals surface area contributed by atoms with E-state index < -0.39 is 30.2 Å². The molecule has 0 radical (unpaired) electrons. The van der Waals surface area contributed by atoms with Crippen molar-refractivity contribution in [3.05, 3.63) is 28.3 Å². The molecule has 0 aromatic carbocycles. The largest absolute Gasteiger partial charge is 0.502 e. The summed E-state index contributed by atoms with van der Waals surface area (Å²) in [7, 11) is 0. The van der Waals surface area contributed by atoms with E-state index in [0.29, 0.717) is 0 Å². The van der Waals surface area contributed by atoms with Gasteiger partial charge in [-0.15, -0.1) is 0 Å². The first-order chi connectivity index (χ1) is 6.68. The Morgan fingerprint density at radius 1 is 2.00 bits per heavy atom. The van der Waals surface area contributed by atoms with Crippen LogP contribution < -0.4 is 5.43 Å². The molecule has 0 atom stereocenters. The van der Waals surface area contributed by atoms with Crippen molar-refractivity contribution >= 4 is 0 Å². The minimum absolute atomic E-state index is 0.834. The molecule has 0 amide bonds. The van der Waals surface area contributed by atoms with Gasteiger partial charge in [0.15, 0.2) is 0 Å². The Bertz CT molecular complexity index is 419. The van der Waals surface area contributed by atoms with Crippen LogP contribution >= 0.6 is 0 Å². The topological polar surface area (TPSA) is 50.4 Å². The minimum Gasteiger partial charge on any atom is -0.502 e. The lowest BCUT2D eigenvalue weighted by Crippen LogP contribution is -1.99. The van der Waals surface area contributed by atoms with E-state index in [1.165, 1.54) is 0 Å². The summed E-state index contributed by atoms with van der Waals surface area (Å²) in [5, 5.41) is 9.20. The summed E-state index contributed by atoms with van der Waals surface area (Å²) >= 11 is 0. The molecule has 54 valence electrons. The van der Waals surface area contributed by atoms with Gasteiger partial charge >= 0.3 is 0 Å². The first-order valence-corrected chi connectivity index (χ1v) is 2.49. The van der Waals surface area contributed by atoms with Gasteiger partial charge in [0.2, 0.25) is 11.2 Å². The van der Waals surface area contributed by atoms with E-state index in [9.17, 15) is 9.90 Å². The molecule has 0 aliphatic rings. The van der Waals surface area contributed by atoms with Gasteiger partial charge in [-0.05, 0) is 0 Å². The quantitative estimate of drug-likeness (QED) is 0.639. The minimum atomic E-state index is -3.03. The molecule has 0 unspecified atom stereocenters. The smallest absolute Gasteiger partial charge is 0.226 e. The molecule has 1 aromatic heterocycles. The number of rotatable bonds is 1. The summed E-state index contributed by atoms with van der Waals surface area (Å²) < 4.78 is 39.9. The van der Waals surface area contributed by atoms with Gasteiger partial charge < -0.3 is 9.52 Å². The summed E-state index contributed by atoms with van der Waals surface area (Å²) in [6.45, 7) is -3.03. The molecule has 0 saturated heterocycles. The van der Waals surface area contributed by atoms with Crippen molar-refractivity contribution in [2.75, 3.05) is 0 Å². The predicted octanol–water partition coefficient (Wildman–Crippen LogP) is 0.908. The average molecular weight is 145 g/mol. The maximum atomic E-state index is 11.0. The molecule has 1 aromatic rings. The molecule has 0 spiro atoms. The van der Waals surface area contributed by atoms with Crippen LogP contribution in [-0.4, -0.2) is 5.11 Å². The van der Waals surface area contributed by atoms with Crippen LogP contribution in [0.1, 0.15) is 19.5 Å². The number of hydrogen-bond acceptors (Lipinski definition) is 3. The van der Waals surface area contributed by atoms with Crippen LogP contribution in [0.2, 0.25) is 0 Å². The van der Waals surface area contributed by atoms with Crippen molar-refractivity contribution < 1.29 is 16.4 Å². The SMILES string of the molecule is [2H]C([2H])([2H])C([2H])([2H])c1occc(=O)c1O. The lowest BCUT2D eigenvalue weighted by molar-refractivity contribution is 0.402. The Hall–Kier alpha value is -1.25. The van der Waals surface area contributed by atoms with Gasteiger partial charge in [0.25, 0.3) is 0 Å². The average Bonchev–Trinajstić information content (AvgIpc) is 2.07. The van der Waals surface area contributed by atoms with Gasteiger partial charge in [-0.2, -0.15) is 0 Å². The van der Waals surface area contributed by atoms with E-state index >= 15 is 0 Å². The molecular formula is C7H8O3. The molecule has 0 fully saturated rings. The first kappa shape index (κ1) is 2.78. The van der Waals surface area contributed by atoms with Gasteiger partial charge in [-0.1, -0.05) is 6.85 Å². The first-order valence-electron chi connectivity index (χ1n) is 4.99. The Labute approximate surface area is 64.9 Å². The second-order valence-electron chi connectivity index (χ2n) is 1.59. The molecule has 0 saturated carbocycles. The van der Waals surface area contributed by atoms with Crippen molar-refractivity contribution in [3.8, 4) is 5.75 Å². The number of aromatic hydroxyl groups is 1. The molecule has 3 heteroatoms. The zero-order valence-electron chi connectivity index (χ0n) is 9.92. The second kappa shape index (κ2) is 2.56. The van der Waals surface area contributed by atoms with Crippen LogP contribution in [0.3, 0.4) is 0 Å². The van der Waals surface area contributed by atoms with E-state index in [1.54, 1.807) is 0 Å². The molecule has 10 heavy (non-hydrogen) atoms. The third-order valence-corrected chi connectivity index (χ3v) is 0.967. The van der Waals surface area contributed by atoms with Gasteiger partial charge in [0, 0.05) is 19.3 Å². The Morgan fingerprint density at radius 2 is 2.80 bits per heavy atom. The molecule has 1 heterocycles. The van der Waals surface area contributed by atoms with Gasteiger partial charge in [0.05, 0.1) is 6.26 Å². The van der Waals surface area contributed by atoms with Crippen LogP contribution in [0.15, 0.2) is 21.5 Å². The van der Waals surface area contributed by atoms with Crippen LogP contribution in [0, 0.1) is 0 Å². The highest BCUT2D eigenvalue weighted by Gasteiger charge is 2.02. The van der Waals surface area contributed by atoms with Crippen molar-refractivity contribution in [1.29, 1.82) is 0 Å². The molecule has 0 aliphatic heterocycles. The Morgan fingerprint density at radius 3 is 3.50 bits per heavy atom. The highest BCUT2D eigenvalue weighted by Crippen LogP contribution is 2.09. The molecule has 3 nitrogen and oxygen atoms in total. The lowest BCUT2D eigenvalue weighted by atomic mass is 10.3. The molecular weight excluding hydrogens is 132 g/mol. The highest BCUT2D eigenvalue weighted by molar-refractivity contribution is 5.21. The fourth-order valence-electron chi connectivity index (χ4n) is 0.499. The standard InChI is InChI=1S/C7H8O3/c1-2-6-7(9)5(8)3-4-10-6/h3-4,9H,2H2,1H3/i1D3,2D2. The van der Waals surface area contributed by atoms with Crippen LogP contribution in [0.4, 0.5) is 0 Å². The van der Waals surface area contributed by atoms with Crippen molar-refractivity contribution in [2.24, 2.45) is 0 Å². The summed E-state index contributed by atoms with van der Waals surface area (Å²) in [6.07, 6.45) is -2.07. The van der Waals surface area contributed by atoms with E-state index in [2.05, 4.69) is 4.42 Å². The van der Waals surface area contributed by atoms with Crippen LogP contribution in [0.5, 0.6) is 5.75 Å². The molecule has 0 bridgehead atoms. The molecule has 0 aliphatic carbocycles. The molecule has 1 N–H and O–H groups in total. The van der Waals surface area contributed by atoms with Gasteiger partial charge in [-0.3, -0.25) is 4.79 Å². The maximum Gasteiger partial charge on any atom is 0.226 e. The van der Waals surface area contributed by atoms with E-state index in [1.807, 2.05) is 0 Å². The van der Waals surface area contributed by atoms with Crippen molar-refractivity contribution in [1.82, 2.24) is 0 Å². The second-order valence-corrected chi connectivity index (χ2v) is 1.59. The predicted molar refractivity (Wildman–Crippen MR) is 36.0 cm³/mol. The summed E-state index contributed by atoms with van der Waals surface area (Å²) in [5.74, 6) is -1.89. The summed E-state index contributed by atoms with van der Waals surface area (Å²) in [6, 6.07) is 0.869. The molecule has 1 rings (SSSR count). The van der Waals surface area contributed by atoms with Crippen LogP contribution in [-0.2, 0) is 6.37 Å². The summed E-state index contributed by atoms with van der Waals surface area (Å²) in [4.78, 5) is 11.0. The normalized spacial score (nSPS) is 19.8. The fourth-order valence-corrected chi connectivity index (χ4v) is 0.499. The van der Waals surface area contributed by atoms with E-state index in [4.69, 9.17) is 6.85 Å². The van der Waals surface area contributed by atoms with Gasteiger partial charge in [-0.25, -0.2) is 0 Å². The van der Waals surface area contributed by atoms with Crippen molar-refractivity contribution in [2.45, 2.75) is 13.2 Å². The maximum absolute atomic E-state index is 11.0. The highest BCUT2D eigenvalue weighted by atomic mass is 16.4. The zero-order valence-corrected chi connectivity index (χ0v) is 4.92. The Kier molecular flexibility index (Phi) is 0.711. The van der Waals surface area contributed by atoms with Gasteiger partial charge in [0.1, 0.15) is 5.76 Å². The van der Waals surface area contributed by atoms with Crippen molar-refractivity contribution in [3.63, 3.8) is 0 Å². The van der Waals surface area contributed by atoms with E-state index in [0.717, 1.165) is 12.3 Å². The Balaban J connectivity index is 3.40. The number of aryl methyl sites for hydroxylation is 1. The van der Waals surface area contributed by atoms with Crippen LogP contribution in [0.25, 0.3) is 0 Å². The number of hydrogen-bond donors (Lipinski definition) is 1.